The monoisotopic (exact) mass is 395 g/mol. The molecule has 4 rings (SSSR count). The molecule has 9 heteroatoms. The highest BCUT2D eigenvalue weighted by Gasteiger charge is 2.27. The number of aromatic nitrogens is 2. The molecular formula is C20H18FN5O3. The van der Waals surface area contributed by atoms with Crippen LogP contribution in [0.4, 0.5) is 15.9 Å². The molecule has 2 amide bonds. The summed E-state index contributed by atoms with van der Waals surface area (Å²) in [6, 6.07) is 10.7. The van der Waals surface area contributed by atoms with Gasteiger partial charge in [0.25, 0.3) is 11.8 Å². The van der Waals surface area contributed by atoms with Crippen LogP contribution in [0.15, 0.2) is 59.5 Å². The van der Waals surface area contributed by atoms with Crippen molar-refractivity contribution in [3.8, 4) is 0 Å². The Kier molecular flexibility index (Phi) is 5.19. The number of hydrogen-bond acceptors (Lipinski definition) is 6. The van der Waals surface area contributed by atoms with Crippen LogP contribution in [-0.4, -0.2) is 57.8 Å². The SMILES string of the molecule is O=C(c1cc(Nc2ccc(F)cc2)ncn1)N1CCN(C(=O)c2ccco2)CC1. The van der Waals surface area contributed by atoms with Crippen LogP contribution < -0.4 is 5.32 Å². The highest BCUT2D eigenvalue weighted by molar-refractivity contribution is 5.94. The fraction of sp³-hybridized carbons (Fsp3) is 0.200. The number of piperazine rings is 1. The van der Waals surface area contributed by atoms with Crippen LogP contribution in [0.3, 0.4) is 0 Å². The summed E-state index contributed by atoms with van der Waals surface area (Å²) >= 11 is 0. The number of anilines is 2. The first-order chi connectivity index (χ1) is 14.1. The fourth-order valence-corrected chi connectivity index (χ4v) is 3.05. The van der Waals surface area contributed by atoms with Crippen molar-refractivity contribution in [2.75, 3.05) is 31.5 Å². The van der Waals surface area contributed by atoms with E-state index >= 15 is 0 Å². The Bertz CT molecular complexity index is 999. The van der Waals surface area contributed by atoms with Crippen molar-refractivity contribution in [2.45, 2.75) is 0 Å². The van der Waals surface area contributed by atoms with Crippen LogP contribution in [0.5, 0.6) is 0 Å². The quantitative estimate of drug-likeness (QED) is 0.730. The van der Waals surface area contributed by atoms with Gasteiger partial charge in [0.05, 0.1) is 6.26 Å². The lowest BCUT2D eigenvalue weighted by molar-refractivity contribution is 0.0515. The van der Waals surface area contributed by atoms with Gasteiger partial charge in [0.15, 0.2) is 5.76 Å². The first-order valence-corrected chi connectivity index (χ1v) is 9.07. The summed E-state index contributed by atoms with van der Waals surface area (Å²) in [5.41, 5.74) is 0.893. The Morgan fingerprint density at radius 1 is 0.966 bits per heavy atom. The van der Waals surface area contributed by atoms with Crippen LogP contribution in [0.2, 0.25) is 0 Å². The van der Waals surface area contributed by atoms with E-state index in [-0.39, 0.29) is 29.1 Å². The van der Waals surface area contributed by atoms with Crippen molar-refractivity contribution in [3.63, 3.8) is 0 Å². The third kappa shape index (κ3) is 4.23. The van der Waals surface area contributed by atoms with Gasteiger partial charge in [-0.25, -0.2) is 14.4 Å². The molecule has 0 unspecified atom stereocenters. The number of benzene rings is 1. The van der Waals surface area contributed by atoms with E-state index in [2.05, 4.69) is 15.3 Å². The molecule has 0 radical (unpaired) electrons. The average Bonchev–Trinajstić information content (AvgIpc) is 3.30. The highest BCUT2D eigenvalue weighted by atomic mass is 19.1. The molecule has 2 aromatic heterocycles. The van der Waals surface area contributed by atoms with Crippen LogP contribution in [0.25, 0.3) is 0 Å². The number of nitrogens with zero attached hydrogens (tertiary/aromatic N) is 4. The summed E-state index contributed by atoms with van der Waals surface area (Å²) in [5.74, 6) is -0.0352. The number of furan rings is 1. The van der Waals surface area contributed by atoms with Crippen molar-refractivity contribution in [1.29, 1.82) is 0 Å². The summed E-state index contributed by atoms with van der Waals surface area (Å²) in [7, 11) is 0. The number of carbonyl (C=O) groups excluding carboxylic acids is 2. The first-order valence-electron chi connectivity index (χ1n) is 9.07. The molecular weight excluding hydrogens is 377 g/mol. The van der Waals surface area contributed by atoms with Crippen molar-refractivity contribution < 1.29 is 18.4 Å². The Balaban J connectivity index is 1.38. The van der Waals surface area contributed by atoms with Gasteiger partial charge < -0.3 is 19.5 Å². The lowest BCUT2D eigenvalue weighted by Crippen LogP contribution is -2.50. The maximum Gasteiger partial charge on any atom is 0.289 e. The summed E-state index contributed by atoms with van der Waals surface area (Å²) in [5, 5.41) is 3.02. The van der Waals surface area contributed by atoms with Crippen LogP contribution in [-0.2, 0) is 0 Å². The second-order valence-corrected chi connectivity index (χ2v) is 6.48. The van der Waals surface area contributed by atoms with E-state index in [1.165, 1.54) is 24.7 Å². The van der Waals surface area contributed by atoms with Crippen molar-refractivity contribution in [1.82, 2.24) is 19.8 Å². The van der Waals surface area contributed by atoms with E-state index in [1.54, 1.807) is 40.1 Å². The molecule has 1 aromatic carbocycles. The Morgan fingerprint density at radius 2 is 1.66 bits per heavy atom. The Hall–Kier alpha value is -3.75. The molecule has 1 aliphatic heterocycles. The topological polar surface area (TPSA) is 91.6 Å². The maximum absolute atomic E-state index is 13.0. The average molecular weight is 395 g/mol. The number of nitrogens with one attached hydrogen (secondary N) is 1. The van der Waals surface area contributed by atoms with Crippen LogP contribution in [0.1, 0.15) is 21.0 Å². The zero-order valence-electron chi connectivity index (χ0n) is 15.4. The Labute approximate surface area is 166 Å². The van der Waals surface area contributed by atoms with Crippen molar-refractivity contribution in [3.05, 3.63) is 72.3 Å². The van der Waals surface area contributed by atoms with Gasteiger partial charge in [-0.3, -0.25) is 9.59 Å². The molecule has 0 aliphatic carbocycles. The molecule has 8 nitrogen and oxygen atoms in total. The van der Waals surface area contributed by atoms with Gasteiger partial charge in [0, 0.05) is 37.9 Å². The minimum Gasteiger partial charge on any atom is -0.459 e. The highest BCUT2D eigenvalue weighted by Crippen LogP contribution is 2.17. The van der Waals surface area contributed by atoms with Gasteiger partial charge in [-0.1, -0.05) is 0 Å². The number of rotatable bonds is 4. The van der Waals surface area contributed by atoms with E-state index in [4.69, 9.17) is 4.42 Å². The number of amides is 2. The second-order valence-electron chi connectivity index (χ2n) is 6.48. The molecule has 0 bridgehead atoms. The lowest BCUT2D eigenvalue weighted by Gasteiger charge is -2.34. The zero-order chi connectivity index (χ0) is 20.2. The summed E-state index contributed by atoms with van der Waals surface area (Å²) in [4.78, 5) is 36.6. The first kappa shape index (κ1) is 18.6. The standard InChI is InChI=1S/C20H18FN5O3/c21-14-3-5-15(6-4-14)24-18-12-16(22-13-23-18)19(27)25-7-9-26(10-8-25)20(28)17-2-1-11-29-17/h1-6,11-13H,7-10H2,(H,22,23,24). The molecule has 1 N–H and O–H groups in total. The smallest absolute Gasteiger partial charge is 0.289 e. The predicted molar refractivity (Wildman–Crippen MR) is 102 cm³/mol. The molecule has 1 saturated heterocycles. The van der Waals surface area contributed by atoms with Crippen LogP contribution >= 0.6 is 0 Å². The predicted octanol–water partition coefficient (Wildman–Crippen LogP) is 2.55. The molecule has 0 atom stereocenters. The number of hydrogen-bond donors (Lipinski definition) is 1. The Morgan fingerprint density at radius 3 is 2.31 bits per heavy atom. The second kappa shape index (κ2) is 8.09. The molecule has 3 aromatic rings. The van der Waals surface area contributed by atoms with Gasteiger partial charge in [-0.2, -0.15) is 0 Å². The molecule has 1 fully saturated rings. The van der Waals surface area contributed by atoms with Gasteiger partial charge in [-0.05, 0) is 36.4 Å². The zero-order valence-corrected chi connectivity index (χ0v) is 15.4. The van der Waals surface area contributed by atoms with Crippen molar-refractivity contribution in [2.24, 2.45) is 0 Å². The van der Waals surface area contributed by atoms with Crippen LogP contribution in [0, 0.1) is 5.82 Å². The van der Waals surface area contributed by atoms with Crippen molar-refractivity contribution >= 4 is 23.3 Å². The van der Waals surface area contributed by atoms with Gasteiger partial charge >= 0.3 is 0 Å². The summed E-state index contributed by atoms with van der Waals surface area (Å²) in [6.45, 7) is 1.63. The molecule has 0 saturated carbocycles. The van der Waals surface area contributed by atoms with E-state index in [0.29, 0.717) is 37.7 Å². The van der Waals surface area contributed by atoms with Gasteiger partial charge in [-0.15, -0.1) is 0 Å². The number of halogens is 1. The fourth-order valence-electron chi connectivity index (χ4n) is 3.05. The van der Waals surface area contributed by atoms with E-state index in [1.807, 2.05) is 0 Å². The third-order valence-corrected chi connectivity index (χ3v) is 4.59. The molecule has 1 aliphatic rings. The summed E-state index contributed by atoms with van der Waals surface area (Å²) in [6.07, 6.45) is 2.76. The minimum atomic E-state index is -0.334. The van der Waals surface area contributed by atoms with E-state index in [0.717, 1.165) is 0 Å². The molecule has 148 valence electrons. The third-order valence-electron chi connectivity index (χ3n) is 4.59. The molecule has 0 spiro atoms. The molecule has 3 heterocycles. The normalized spacial score (nSPS) is 14.0. The largest absolute Gasteiger partial charge is 0.459 e. The summed E-state index contributed by atoms with van der Waals surface area (Å²) < 4.78 is 18.2. The van der Waals surface area contributed by atoms with Gasteiger partial charge in [0.1, 0.15) is 23.7 Å². The van der Waals surface area contributed by atoms with E-state index in [9.17, 15) is 14.0 Å². The minimum absolute atomic E-state index is 0.185. The van der Waals surface area contributed by atoms with E-state index < -0.39 is 0 Å². The maximum atomic E-state index is 13.0. The number of carbonyl (C=O) groups is 2. The molecule has 29 heavy (non-hydrogen) atoms. The van der Waals surface area contributed by atoms with Gasteiger partial charge in [0.2, 0.25) is 0 Å². The lowest BCUT2D eigenvalue weighted by atomic mass is 10.2.